The molecule has 29 heavy (non-hydrogen) atoms. The average molecular weight is 435 g/mol. The summed E-state index contributed by atoms with van der Waals surface area (Å²) in [6, 6.07) is 7.42. The van der Waals surface area contributed by atoms with Crippen LogP contribution in [0.3, 0.4) is 0 Å². The van der Waals surface area contributed by atoms with E-state index in [1.165, 1.54) is 11.3 Å². The second-order valence-electron chi connectivity index (χ2n) is 7.11. The molecule has 2 aliphatic rings. The minimum atomic E-state index is -0.0817. The number of carbonyl (C=O) groups is 2. The molecule has 0 bridgehead atoms. The summed E-state index contributed by atoms with van der Waals surface area (Å²) in [6.07, 6.45) is 0. The van der Waals surface area contributed by atoms with E-state index in [1.54, 1.807) is 10.3 Å². The van der Waals surface area contributed by atoms with Crippen molar-refractivity contribution < 1.29 is 14.3 Å². The fourth-order valence-corrected chi connectivity index (χ4v) is 4.39. The number of hydrogen-bond acceptors (Lipinski definition) is 6. The Labute approximate surface area is 178 Å². The van der Waals surface area contributed by atoms with Crippen LogP contribution < -0.4 is 0 Å². The lowest BCUT2D eigenvalue weighted by Crippen LogP contribution is -2.53. The molecule has 1 aromatic carbocycles. The molecule has 9 heteroatoms. The zero-order valence-corrected chi connectivity index (χ0v) is 17.6. The highest BCUT2D eigenvalue weighted by Crippen LogP contribution is 2.25. The predicted octanol–water partition coefficient (Wildman–Crippen LogP) is 2.08. The van der Waals surface area contributed by atoms with Gasteiger partial charge >= 0.3 is 0 Å². The number of carbonyl (C=O) groups excluding carboxylic acids is 2. The maximum atomic E-state index is 12.8. The molecule has 2 aromatic rings. The van der Waals surface area contributed by atoms with E-state index >= 15 is 0 Å². The number of nitrogens with zero attached hydrogens (tertiary/aromatic N) is 4. The standard InChI is InChI=1S/C20H23ClN4O3S/c21-16-3-1-15(2-4-16)19-22-17(14-29-19)20(27)25-7-5-24(6-8-25)18(26)13-23-9-11-28-12-10-23/h1-4,14H,5-13H2. The van der Waals surface area contributed by atoms with E-state index in [4.69, 9.17) is 16.3 Å². The maximum absolute atomic E-state index is 12.8. The molecule has 0 spiro atoms. The summed E-state index contributed by atoms with van der Waals surface area (Å²) in [4.78, 5) is 35.6. The van der Waals surface area contributed by atoms with Gasteiger partial charge in [0.15, 0.2) is 0 Å². The van der Waals surface area contributed by atoms with Crippen LogP contribution in [0.15, 0.2) is 29.6 Å². The molecule has 0 radical (unpaired) electrons. The van der Waals surface area contributed by atoms with Gasteiger partial charge in [-0.15, -0.1) is 11.3 Å². The van der Waals surface area contributed by atoms with E-state index in [9.17, 15) is 9.59 Å². The summed E-state index contributed by atoms with van der Waals surface area (Å²) in [6.45, 7) is 5.55. The number of aromatic nitrogens is 1. The molecule has 2 aliphatic heterocycles. The molecule has 0 atom stereocenters. The van der Waals surface area contributed by atoms with Crippen molar-refractivity contribution in [2.45, 2.75) is 0 Å². The lowest BCUT2D eigenvalue weighted by molar-refractivity contribution is -0.134. The number of piperazine rings is 1. The Balaban J connectivity index is 1.31. The molecule has 0 aliphatic carbocycles. The Kier molecular flexibility index (Phi) is 6.44. The van der Waals surface area contributed by atoms with Crippen LogP contribution in [0.5, 0.6) is 0 Å². The second kappa shape index (κ2) is 9.21. The topological polar surface area (TPSA) is 66.0 Å². The molecule has 0 saturated carbocycles. The van der Waals surface area contributed by atoms with Crippen LogP contribution in [0, 0.1) is 0 Å². The van der Waals surface area contributed by atoms with Gasteiger partial charge in [0.2, 0.25) is 5.91 Å². The highest BCUT2D eigenvalue weighted by molar-refractivity contribution is 7.13. The van der Waals surface area contributed by atoms with Crippen LogP contribution in [0.4, 0.5) is 0 Å². The van der Waals surface area contributed by atoms with Crippen LogP contribution in [0.2, 0.25) is 5.02 Å². The van der Waals surface area contributed by atoms with Crippen LogP contribution in [-0.2, 0) is 9.53 Å². The van der Waals surface area contributed by atoms with Gasteiger partial charge < -0.3 is 14.5 Å². The van der Waals surface area contributed by atoms with Crippen molar-refractivity contribution >= 4 is 34.8 Å². The minimum Gasteiger partial charge on any atom is -0.379 e. The Bertz CT molecular complexity index is 859. The SMILES string of the molecule is O=C(CN1CCOCC1)N1CCN(C(=O)c2csc(-c3ccc(Cl)cc3)n2)CC1. The number of morpholine rings is 1. The molecule has 2 amide bonds. The largest absolute Gasteiger partial charge is 0.379 e. The molecule has 154 valence electrons. The van der Waals surface area contributed by atoms with E-state index in [0.29, 0.717) is 56.7 Å². The van der Waals surface area contributed by atoms with Crippen molar-refractivity contribution in [3.8, 4) is 10.6 Å². The molecule has 2 fully saturated rings. The van der Waals surface area contributed by atoms with Gasteiger partial charge in [-0.05, 0) is 12.1 Å². The summed E-state index contributed by atoms with van der Waals surface area (Å²) < 4.78 is 5.32. The normalized spacial score (nSPS) is 18.1. The number of amides is 2. The van der Waals surface area contributed by atoms with E-state index < -0.39 is 0 Å². The average Bonchev–Trinajstić information content (AvgIpc) is 3.25. The smallest absolute Gasteiger partial charge is 0.273 e. The van der Waals surface area contributed by atoms with Gasteiger partial charge in [0, 0.05) is 55.2 Å². The van der Waals surface area contributed by atoms with Crippen molar-refractivity contribution in [2.75, 3.05) is 59.0 Å². The Morgan fingerprint density at radius 2 is 1.66 bits per heavy atom. The summed E-state index contributed by atoms with van der Waals surface area (Å²) in [5, 5.41) is 3.26. The first-order valence-electron chi connectivity index (χ1n) is 9.69. The molecule has 4 rings (SSSR count). The fraction of sp³-hybridized carbons (Fsp3) is 0.450. The highest BCUT2D eigenvalue weighted by atomic mass is 35.5. The van der Waals surface area contributed by atoms with Gasteiger partial charge in [0.25, 0.3) is 5.91 Å². The van der Waals surface area contributed by atoms with Crippen molar-refractivity contribution in [1.82, 2.24) is 19.7 Å². The fourth-order valence-electron chi connectivity index (χ4n) is 3.47. The van der Waals surface area contributed by atoms with Gasteiger partial charge in [0.05, 0.1) is 19.8 Å². The molecule has 2 saturated heterocycles. The Morgan fingerprint density at radius 1 is 1.00 bits per heavy atom. The third-order valence-electron chi connectivity index (χ3n) is 5.20. The third-order valence-corrected chi connectivity index (χ3v) is 6.34. The lowest BCUT2D eigenvalue weighted by atomic mass is 10.2. The number of rotatable bonds is 4. The van der Waals surface area contributed by atoms with Crippen molar-refractivity contribution in [1.29, 1.82) is 0 Å². The first kappa shape index (κ1) is 20.3. The summed E-state index contributed by atoms with van der Waals surface area (Å²) in [7, 11) is 0. The predicted molar refractivity (Wildman–Crippen MR) is 112 cm³/mol. The van der Waals surface area contributed by atoms with Crippen molar-refractivity contribution in [3.05, 3.63) is 40.4 Å². The number of thiazole rings is 1. The Morgan fingerprint density at radius 3 is 2.34 bits per heavy atom. The minimum absolute atomic E-state index is 0.0817. The zero-order chi connectivity index (χ0) is 20.2. The van der Waals surface area contributed by atoms with E-state index in [-0.39, 0.29) is 11.8 Å². The number of halogens is 1. The van der Waals surface area contributed by atoms with Gasteiger partial charge in [-0.25, -0.2) is 4.98 Å². The molecular weight excluding hydrogens is 412 g/mol. The molecule has 3 heterocycles. The van der Waals surface area contributed by atoms with Gasteiger partial charge in [0.1, 0.15) is 10.7 Å². The van der Waals surface area contributed by atoms with Crippen LogP contribution >= 0.6 is 22.9 Å². The van der Waals surface area contributed by atoms with Crippen molar-refractivity contribution in [2.24, 2.45) is 0 Å². The highest BCUT2D eigenvalue weighted by Gasteiger charge is 2.27. The molecular formula is C20H23ClN4O3S. The summed E-state index contributed by atoms with van der Waals surface area (Å²) in [5.74, 6) is 0.0411. The zero-order valence-electron chi connectivity index (χ0n) is 16.1. The number of hydrogen-bond donors (Lipinski definition) is 0. The second-order valence-corrected chi connectivity index (χ2v) is 8.40. The third kappa shape index (κ3) is 4.95. The quantitative estimate of drug-likeness (QED) is 0.737. The summed E-state index contributed by atoms with van der Waals surface area (Å²) in [5.41, 5.74) is 1.39. The molecule has 0 N–H and O–H groups in total. The maximum Gasteiger partial charge on any atom is 0.273 e. The van der Waals surface area contributed by atoms with E-state index in [0.717, 1.165) is 23.7 Å². The van der Waals surface area contributed by atoms with Crippen LogP contribution in [0.1, 0.15) is 10.5 Å². The van der Waals surface area contributed by atoms with Gasteiger partial charge in [-0.3, -0.25) is 14.5 Å². The molecule has 0 unspecified atom stereocenters. The first-order chi connectivity index (χ1) is 14.1. The van der Waals surface area contributed by atoms with Crippen LogP contribution in [-0.4, -0.2) is 90.5 Å². The lowest BCUT2D eigenvalue weighted by Gasteiger charge is -2.36. The van der Waals surface area contributed by atoms with E-state index in [2.05, 4.69) is 9.88 Å². The number of ether oxygens (including phenoxy) is 1. The molecule has 7 nitrogen and oxygen atoms in total. The Hall–Kier alpha value is -2.00. The van der Waals surface area contributed by atoms with Crippen molar-refractivity contribution in [3.63, 3.8) is 0 Å². The van der Waals surface area contributed by atoms with Crippen LogP contribution in [0.25, 0.3) is 10.6 Å². The molecule has 1 aromatic heterocycles. The summed E-state index contributed by atoms with van der Waals surface area (Å²) >= 11 is 7.37. The number of benzene rings is 1. The first-order valence-corrected chi connectivity index (χ1v) is 10.9. The van der Waals surface area contributed by atoms with E-state index in [1.807, 2.05) is 29.2 Å². The monoisotopic (exact) mass is 434 g/mol. The van der Waals surface area contributed by atoms with Gasteiger partial charge in [-0.2, -0.15) is 0 Å². The van der Waals surface area contributed by atoms with Gasteiger partial charge in [-0.1, -0.05) is 23.7 Å².